The highest BCUT2D eigenvalue weighted by Gasteiger charge is 2.39. The fourth-order valence-corrected chi connectivity index (χ4v) is 3.43. The molecule has 0 aromatic rings. The van der Waals surface area contributed by atoms with Gasteiger partial charge in [-0.3, -0.25) is 14.4 Å². The topological polar surface area (TPSA) is 51.2 Å². The van der Waals surface area contributed by atoms with Crippen LogP contribution in [-0.4, -0.2) is 17.3 Å². The number of ketones is 3. The summed E-state index contributed by atoms with van der Waals surface area (Å²) >= 11 is 0. The molecule has 3 nitrogen and oxygen atoms in total. The molecule has 0 atom stereocenters. The van der Waals surface area contributed by atoms with Gasteiger partial charge >= 0.3 is 0 Å². The predicted molar refractivity (Wildman–Crippen MR) is 83.9 cm³/mol. The van der Waals surface area contributed by atoms with Crippen molar-refractivity contribution in [2.75, 3.05) is 0 Å². The van der Waals surface area contributed by atoms with Crippen LogP contribution in [-0.2, 0) is 14.4 Å². The third kappa shape index (κ3) is 4.49. The largest absolute Gasteiger partial charge is 0.299 e. The highest BCUT2D eigenvalue weighted by Crippen LogP contribution is 2.38. The molecule has 0 aromatic heterocycles. The molecule has 120 valence electrons. The molecular weight excluding hydrogens is 264 g/mol. The number of carbonyl (C=O) groups is 3. The molecule has 0 unspecified atom stereocenters. The molecule has 1 aliphatic rings. The summed E-state index contributed by atoms with van der Waals surface area (Å²) in [6, 6.07) is 0. The summed E-state index contributed by atoms with van der Waals surface area (Å²) in [6.45, 7) is 11.4. The van der Waals surface area contributed by atoms with Crippen molar-refractivity contribution in [3.05, 3.63) is 0 Å². The van der Waals surface area contributed by atoms with Gasteiger partial charge in [0.25, 0.3) is 0 Å². The molecule has 0 N–H and O–H groups in total. The highest BCUT2D eigenvalue weighted by atomic mass is 16.1. The number of carbonyl (C=O) groups excluding carboxylic acids is 3. The maximum Gasteiger partial charge on any atom is 0.138 e. The lowest BCUT2D eigenvalue weighted by Gasteiger charge is -2.35. The third-order valence-corrected chi connectivity index (χ3v) is 4.62. The molecule has 0 aromatic carbocycles. The number of hydrogen-bond donors (Lipinski definition) is 0. The summed E-state index contributed by atoms with van der Waals surface area (Å²) in [5, 5.41) is 0. The van der Waals surface area contributed by atoms with Crippen LogP contribution in [0.25, 0.3) is 0 Å². The zero-order valence-corrected chi connectivity index (χ0v) is 14.3. The first-order valence-electron chi connectivity index (χ1n) is 8.26. The average molecular weight is 294 g/mol. The lowest BCUT2D eigenvalue weighted by molar-refractivity contribution is -0.136. The van der Waals surface area contributed by atoms with Crippen molar-refractivity contribution in [2.24, 2.45) is 35.5 Å². The first-order valence-corrected chi connectivity index (χ1v) is 8.26. The van der Waals surface area contributed by atoms with Crippen molar-refractivity contribution in [3.63, 3.8) is 0 Å². The Morgan fingerprint density at radius 2 is 0.762 bits per heavy atom. The summed E-state index contributed by atoms with van der Waals surface area (Å²) in [4.78, 5) is 37.1. The van der Waals surface area contributed by atoms with E-state index in [1.807, 2.05) is 41.5 Å². The summed E-state index contributed by atoms with van der Waals surface area (Å²) in [5.74, 6) is 0.152. The number of hydrogen-bond acceptors (Lipinski definition) is 3. The molecular formula is C18H30O3. The Bertz CT molecular complexity index is 339. The first-order chi connectivity index (χ1) is 9.65. The van der Waals surface area contributed by atoms with Gasteiger partial charge in [-0.1, -0.05) is 41.5 Å². The Morgan fingerprint density at radius 1 is 0.571 bits per heavy atom. The summed E-state index contributed by atoms with van der Waals surface area (Å²) in [6.07, 6.45) is 1.90. The minimum Gasteiger partial charge on any atom is -0.299 e. The minimum atomic E-state index is -0.126. The zero-order chi connectivity index (χ0) is 16.3. The van der Waals surface area contributed by atoms with Gasteiger partial charge < -0.3 is 0 Å². The molecule has 0 aliphatic heterocycles. The van der Waals surface area contributed by atoms with Crippen LogP contribution in [0, 0.1) is 35.5 Å². The van der Waals surface area contributed by atoms with Gasteiger partial charge in [-0.05, 0) is 19.3 Å². The second-order valence-corrected chi connectivity index (χ2v) is 7.47. The third-order valence-electron chi connectivity index (χ3n) is 4.62. The van der Waals surface area contributed by atoms with Crippen LogP contribution >= 0.6 is 0 Å². The quantitative estimate of drug-likeness (QED) is 0.750. The van der Waals surface area contributed by atoms with Gasteiger partial charge in [-0.2, -0.15) is 0 Å². The van der Waals surface area contributed by atoms with E-state index in [-0.39, 0.29) is 52.9 Å². The van der Waals surface area contributed by atoms with E-state index >= 15 is 0 Å². The molecule has 3 heteroatoms. The van der Waals surface area contributed by atoms with Crippen molar-refractivity contribution in [3.8, 4) is 0 Å². The average Bonchev–Trinajstić information content (AvgIpc) is 2.43. The van der Waals surface area contributed by atoms with E-state index in [0.717, 1.165) is 0 Å². The molecule has 1 aliphatic carbocycles. The maximum absolute atomic E-state index is 12.4. The fraction of sp³-hybridized carbons (Fsp3) is 0.833. The normalized spacial score (nSPS) is 26.4. The van der Waals surface area contributed by atoms with Crippen LogP contribution in [0.2, 0.25) is 0 Å². The van der Waals surface area contributed by atoms with E-state index in [1.54, 1.807) is 0 Å². The van der Waals surface area contributed by atoms with Gasteiger partial charge in [0.1, 0.15) is 17.3 Å². The second-order valence-electron chi connectivity index (χ2n) is 7.47. The molecule has 1 fully saturated rings. The minimum absolute atomic E-state index is 0.0299. The van der Waals surface area contributed by atoms with Gasteiger partial charge in [0.15, 0.2) is 0 Å². The standard InChI is InChI=1S/C18H30O3/c1-10(2)16(19)13-7-14(17(20)11(3)4)9-15(8-13)18(21)12(5)6/h10-15H,7-9H2,1-6H3. The van der Waals surface area contributed by atoms with E-state index in [1.165, 1.54) is 0 Å². The highest BCUT2D eigenvalue weighted by molar-refractivity contribution is 5.89. The molecule has 0 spiro atoms. The van der Waals surface area contributed by atoms with Crippen LogP contribution in [0.1, 0.15) is 60.8 Å². The van der Waals surface area contributed by atoms with Crippen LogP contribution in [0.4, 0.5) is 0 Å². The van der Waals surface area contributed by atoms with Crippen molar-refractivity contribution >= 4 is 17.3 Å². The van der Waals surface area contributed by atoms with E-state index < -0.39 is 0 Å². The van der Waals surface area contributed by atoms with Crippen LogP contribution < -0.4 is 0 Å². The van der Waals surface area contributed by atoms with Crippen molar-refractivity contribution < 1.29 is 14.4 Å². The van der Waals surface area contributed by atoms with Gasteiger partial charge in [-0.25, -0.2) is 0 Å². The Morgan fingerprint density at radius 3 is 0.905 bits per heavy atom. The van der Waals surface area contributed by atoms with Gasteiger partial charge in [0.05, 0.1) is 0 Å². The summed E-state index contributed by atoms with van der Waals surface area (Å²) in [5.41, 5.74) is 0. The Labute approximate surface area is 128 Å². The molecule has 21 heavy (non-hydrogen) atoms. The predicted octanol–water partition coefficient (Wildman–Crippen LogP) is 3.69. The zero-order valence-electron chi connectivity index (χ0n) is 14.3. The van der Waals surface area contributed by atoms with Gasteiger partial charge in [0, 0.05) is 35.5 Å². The van der Waals surface area contributed by atoms with Gasteiger partial charge in [-0.15, -0.1) is 0 Å². The van der Waals surface area contributed by atoms with Crippen LogP contribution in [0.15, 0.2) is 0 Å². The van der Waals surface area contributed by atoms with E-state index in [2.05, 4.69) is 0 Å². The summed E-state index contributed by atoms with van der Waals surface area (Å²) in [7, 11) is 0. The molecule has 0 saturated heterocycles. The fourth-order valence-electron chi connectivity index (χ4n) is 3.43. The van der Waals surface area contributed by atoms with Gasteiger partial charge in [0.2, 0.25) is 0 Å². The van der Waals surface area contributed by atoms with Crippen molar-refractivity contribution in [2.45, 2.75) is 60.8 Å². The maximum atomic E-state index is 12.4. The summed E-state index contributed by atoms with van der Waals surface area (Å²) < 4.78 is 0. The molecule has 0 bridgehead atoms. The molecule has 0 radical (unpaired) electrons. The Balaban J connectivity index is 2.95. The molecule has 1 rings (SSSR count). The Kier molecular flexibility index (Phi) is 6.30. The molecule has 1 saturated carbocycles. The number of Topliss-reactive ketones (excluding diaryl/α,β-unsaturated/α-hetero) is 3. The van der Waals surface area contributed by atoms with E-state index in [9.17, 15) is 14.4 Å². The lowest BCUT2D eigenvalue weighted by Crippen LogP contribution is -2.38. The van der Waals surface area contributed by atoms with Crippen molar-refractivity contribution in [1.29, 1.82) is 0 Å². The second kappa shape index (κ2) is 7.33. The van der Waals surface area contributed by atoms with E-state index in [4.69, 9.17) is 0 Å². The molecule has 0 heterocycles. The Hall–Kier alpha value is -0.990. The molecule has 0 amide bonds. The lowest BCUT2D eigenvalue weighted by atomic mass is 9.67. The van der Waals surface area contributed by atoms with Crippen LogP contribution in [0.5, 0.6) is 0 Å². The SMILES string of the molecule is CC(C)C(=O)C1CC(C(=O)C(C)C)CC(C(=O)C(C)C)C1. The number of rotatable bonds is 6. The first kappa shape index (κ1) is 18.1. The van der Waals surface area contributed by atoms with Crippen LogP contribution in [0.3, 0.4) is 0 Å². The monoisotopic (exact) mass is 294 g/mol. The van der Waals surface area contributed by atoms with Crippen molar-refractivity contribution in [1.82, 2.24) is 0 Å². The van der Waals surface area contributed by atoms with E-state index in [0.29, 0.717) is 19.3 Å². The smallest absolute Gasteiger partial charge is 0.138 e.